The lowest BCUT2D eigenvalue weighted by Gasteiger charge is -1.98. The third-order valence-electron chi connectivity index (χ3n) is 1.95. The van der Waals surface area contributed by atoms with E-state index in [-0.39, 0.29) is 0 Å². The van der Waals surface area contributed by atoms with Gasteiger partial charge in [-0.25, -0.2) is 4.68 Å². The van der Waals surface area contributed by atoms with Gasteiger partial charge in [0, 0.05) is 12.7 Å². The molecule has 1 heterocycles. The SMILES string of the molecule is NCc1nn(-c2ccccc2)cc1Cl. The minimum atomic E-state index is 0.360. The summed E-state index contributed by atoms with van der Waals surface area (Å²) in [6, 6.07) is 9.78. The van der Waals surface area contributed by atoms with Crippen molar-refractivity contribution < 1.29 is 0 Å². The first-order valence-corrected chi connectivity index (χ1v) is 4.68. The van der Waals surface area contributed by atoms with Gasteiger partial charge in [-0.3, -0.25) is 0 Å². The van der Waals surface area contributed by atoms with Crippen LogP contribution in [0.15, 0.2) is 36.5 Å². The molecule has 2 aromatic rings. The van der Waals surface area contributed by atoms with Crippen molar-refractivity contribution in [2.75, 3.05) is 0 Å². The Bertz CT molecular complexity index is 422. The Morgan fingerprint density at radius 1 is 1.29 bits per heavy atom. The third kappa shape index (κ3) is 1.64. The van der Waals surface area contributed by atoms with Crippen molar-refractivity contribution in [2.24, 2.45) is 5.73 Å². The van der Waals surface area contributed by atoms with Gasteiger partial charge < -0.3 is 5.73 Å². The predicted molar refractivity (Wildman–Crippen MR) is 56.5 cm³/mol. The van der Waals surface area contributed by atoms with Crippen LogP contribution in [0.3, 0.4) is 0 Å². The maximum Gasteiger partial charge on any atom is 0.0950 e. The van der Waals surface area contributed by atoms with Crippen molar-refractivity contribution in [2.45, 2.75) is 6.54 Å². The zero-order chi connectivity index (χ0) is 9.97. The monoisotopic (exact) mass is 207 g/mol. The Hall–Kier alpha value is -1.32. The summed E-state index contributed by atoms with van der Waals surface area (Å²) >= 11 is 5.93. The summed E-state index contributed by atoms with van der Waals surface area (Å²) in [6.07, 6.45) is 1.76. The first-order chi connectivity index (χ1) is 6.81. The van der Waals surface area contributed by atoms with E-state index in [0.717, 1.165) is 11.4 Å². The molecule has 0 atom stereocenters. The third-order valence-corrected chi connectivity index (χ3v) is 2.27. The highest BCUT2D eigenvalue weighted by Crippen LogP contribution is 2.16. The summed E-state index contributed by atoms with van der Waals surface area (Å²) in [6.45, 7) is 0.360. The molecule has 0 aliphatic heterocycles. The Morgan fingerprint density at radius 2 is 2.00 bits per heavy atom. The lowest BCUT2D eigenvalue weighted by molar-refractivity contribution is 0.833. The molecular formula is C10H10ClN3. The zero-order valence-electron chi connectivity index (χ0n) is 7.52. The van der Waals surface area contributed by atoms with Crippen LogP contribution >= 0.6 is 11.6 Å². The number of rotatable bonds is 2. The smallest absolute Gasteiger partial charge is 0.0950 e. The van der Waals surface area contributed by atoms with E-state index in [0.29, 0.717) is 11.6 Å². The van der Waals surface area contributed by atoms with Crippen LogP contribution in [0, 0.1) is 0 Å². The highest BCUT2D eigenvalue weighted by Gasteiger charge is 2.05. The Balaban J connectivity index is 2.43. The fourth-order valence-electron chi connectivity index (χ4n) is 1.24. The van der Waals surface area contributed by atoms with E-state index in [1.807, 2.05) is 30.3 Å². The molecule has 0 bridgehead atoms. The highest BCUT2D eigenvalue weighted by molar-refractivity contribution is 6.31. The Labute approximate surface area is 87.1 Å². The topological polar surface area (TPSA) is 43.8 Å². The molecule has 0 spiro atoms. The molecule has 1 aromatic heterocycles. The van der Waals surface area contributed by atoms with Crippen LogP contribution in [0.25, 0.3) is 5.69 Å². The normalized spacial score (nSPS) is 10.4. The van der Waals surface area contributed by atoms with Crippen LogP contribution in [-0.2, 0) is 6.54 Å². The van der Waals surface area contributed by atoms with Gasteiger partial charge in [-0.1, -0.05) is 29.8 Å². The van der Waals surface area contributed by atoms with Crippen molar-refractivity contribution in [3.05, 3.63) is 47.2 Å². The number of halogens is 1. The van der Waals surface area contributed by atoms with Gasteiger partial charge in [0.05, 0.1) is 16.4 Å². The van der Waals surface area contributed by atoms with E-state index in [2.05, 4.69) is 5.10 Å². The minimum Gasteiger partial charge on any atom is -0.325 e. The van der Waals surface area contributed by atoms with Crippen LogP contribution in [0.5, 0.6) is 0 Å². The summed E-state index contributed by atoms with van der Waals surface area (Å²) in [7, 11) is 0. The molecule has 0 fully saturated rings. The maximum atomic E-state index is 5.93. The summed E-state index contributed by atoms with van der Waals surface area (Å²) < 4.78 is 1.73. The van der Waals surface area contributed by atoms with Gasteiger partial charge in [-0.15, -0.1) is 0 Å². The molecular weight excluding hydrogens is 198 g/mol. The van der Waals surface area contributed by atoms with Gasteiger partial charge in [0.2, 0.25) is 0 Å². The van der Waals surface area contributed by atoms with Gasteiger partial charge in [0.1, 0.15) is 0 Å². The lowest BCUT2D eigenvalue weighted by atomic mass is 10.3. The molecule has 0 amide bonds. The summed E-state index contributed by atoms with van der Waals surface area (Å²) in [5.74, 6) is 0. The van der Waals surface area contributed by atoms with E-state index >= 15 is 0 Å². The van der Waals surface area contributed by atoms with Crippen LogP contribution in [0.2, 0.25) is 5.02 Å². The predicted octanol–water partition coefficient (Wildman–Crippen LogP) is 1.98. The Kier molecular flexibility index (Phi) is 2.52. The molecule has 1 aromatic carbocycles. The number of hydrogen-bond acceptors (Lipinski definition) is 2. The van der Waals surface area contributed by atoms with E-state index in [1.54, 1.807) is 10.9 Å². The molecule has 4 heteroatoms. The number of aromatic nitrogens is 2. The molecule has 3 nitrogen and oxygen atoms in total. The number of para-hydroxylation sites is 1. The average Bonchev–Trinajstić information content (AvgIpc) is 2.61. The second-order valence-corrected chi connectivity index (χ2v) is 3.32. The number of hydrogen-bond donors (Lipinski definition) is 1. The average molecular weight is 208 g/mol. The molecule has 2 N–H and O–H groups in total. The summed E-state index contributed by atoms with van der Waals surface area (Å²) in [5.41, 5.74) is 7.18. The fourth-order valence-corrected chi connectivity index (χ4v) is 1.45. The van der Waals surface area contributed by atoms with Crippen molar-refractivity contribution in [1.29, 1.82) is 0 Å². The quantitative estimate of drug-likeness (QED) is 0.819. The molecule has 72 valence electrons. The van der Waals surface area contributed by atoms with Gasteiger partial charge in [-0.05, 0) is 12.1 Å². The largest absolute Gasteiger partial charge is 0.325 e. The molecule has 0 saturated carbocycles. The summed E-state index contributed by atoms with van der Waals surface area (Å²) in [5, 5.41) is 4.87. The summed E-state index contributed by atoms with van der Waals surface area (Å²) in [4.78, 5) is 0. The minimum absolute atomic E-state index is 0.360. The highest BCUT2D eigenvalue weighted by atomic mass is 35.5. The standard InChI is InChI=1S/C10H10ClN3/c11-9-7-14(13-10(9)6-12)8-4-2-1-3-5-8/h1-5,7H,6,12H2. The van der Waals surface area contributed by atoms with Crippen molar-refractivity contribution in [1.82, 2.24) is 9.78 Å². The van der Waals surface area contributed by atoms with E-state index in [4.69, 9.17) is 17.3 Å². The van der Waals surface area contributed by atoms with Gasteiger partial charge in [-0.2, -0.15) is 5.10 Å². The van der Waals surface area contributed by atoms with E-state index in [9.17, 15) is 0 Å². The maximum absolute atomic E-state index is 5.93. The van der Waals surface area contributed by atoms with E-state index < -0.39 is 0 Å². The van der Waals surface area contributed by atoms with Crippen molar-refractivity contribution >= 4 is 11.6 Å². The first kappa shape index (κ1) is 9.24. The van der Waals surface area contributed by atoms with E-state index in [1.165, 1.54) is 0 Å². The van der Waals surface area contributed by atoms with Crippen LogP contribution in [0.1, 0.15) is 5.69 Å². The lowest BCUT2D eigenvalue weighted by Crippen LogP contribution is -2.00. The van der Waals surface area contributed by atoms with Crippen molar-refractivity contribution in [3.8, 4) is 5.69 Å². The zero-order valence-corrected chi connectivity index (χ0v) is 8.28. The number of benzene rings is 1. The Morgan fingerprint density at radius 3 is 2.57 bits per heavy atom. The molecule has 2 rings (SSSR count). The van der Waals surface area contributed by atoms with Crippen LogP contribution in [-0.4, -0.2) is 9.78 Å². The van der Waals surface area contributed by atoms with Gasteiger partial charge >= 0.3 is 0 Å². The van der Waals surface area contributed by atoms with Crippen LogP contribution < -0.4 is 5.73 Å². The number of nitrogens with two attached hydrogens (primary N) is 1. The van der Waals surface area contributed by atoms with Gasteiger partial charge in [0.25, 0.3) is 0 Å². The molecule has 0 unspecified atom stereocenters. The van der Waals surface area contributed by atoms with Crippen LogP contribution in [0.4, 0.5) is 0 Å². The molecule has 0 saturated heterocycles. The fraction of sp³-hybridized carbons (Fsp3) is 0.100. The number of nitrogens with zero attached hydrogens (tertiary/aromatic N) is 2. The molecule has 0 aliphatic rings. The first-order valence-electron chi connectivity index (χ1n) is 4.31. The molecule has 0 aliphatic carbocycles. The van der Waals surface area contributed by atoms with Crippen molar-refractivity contribution in [3.63, 3.8) is 0 Å². The molecule has 0 radical (unpaired) electrons. The molecule has 14 heavy (non-hydrogen) atoms. The second kappa shape index (κ2) is 3.82. The van der Waals surface area contributed by atoms with Gasteiger partial charge in [0.15, 0.2) is 0 Å². The second-order valence-electron chi connectivity index (χ2n) is 2.91.